The van der Waals surface area contributed by atoms with Crippen LogP contribution in [0, 0.1) is 6.92 Å². The molecule has 0 bridgehead atoms. The highest BCUT2D eigenvalue weighted by Crippen LogP contribution is 2.33. The Morgan fingerprint density at radius 2 is 2.04 bits per heavy atom. The zero-order chi connectivity index (χ0) is 19.3. The van der Waals surface area contributed by atoms with E-state index in [1.54, 1.807) is 13.0 Å². The molecule has 0 saturated heterocycles. The summed E-state index contributed by atoms with van der Waals surface area (Å²) in [6.07, 6.45) is -1.82. The molecule has 5 N–H and O–H groups in total. The smallest absolute Gasteiger partial charge is 0.416 e. The van der Waals surface area contributed by atoms with Crippen molar-refractivity contribution in [2.24, 2.45) is 11.6 Å². The number of anilines is 1. The second-order valence-corrected chi connectivity index (χ2v) is 5.51. The number of hydrogen-bond donors (Lipinski definition) is 3. The number of nitrogens with two attached hydrogens (primary N) is 2. The van der Waals surface area contributed by atoms with Crippen molar-refractivity contribution in [2.45, 2.75) is 19.7 Å². The summed E-state index contributed by atoms with van der Waals surface area (Å²) in [5, 5.41) is 9.97. The van der Waals surface area contributed by atoms with Crippen molar-refractivity contribution in [1.29, 1.82) is 0 Å². The molecule has 0 aliphatic carbocycles. The van der Waals surface area contributed by atoms with Crippen LogP contribution in [0.15, 0.2) is 48.4 Å². The number of benzene rings is 1. The largest absolute Gasteiger partial charge is 0.487 e. The maximum atomic E-state index is 13.1. The third-order valence-corrected chi connectivity index (χ3v) is 3.57. The van der Waals surface area contributed by atoms with Gasteiger partial charge in [0.15, 0.2) is 0 Å². The number of hydrogen-bond acceptors (Lipinski definition) is 6. The Hall–Kier alpha value is -2.78. The molecule has 0 aliphatic rings. The van der Waals surface area contributed by atoms with Gasteiger partial charge in [-0.05, 0) is 30.7 Å². The van der Waals surface area contributed by atoms with Crippen molar-refractivity contribution in [1.82, 2.24) is 4.98 Å². The van der Waals surface area contributed by atoms with Crippen molar-refractivity contribution in [2.75, 3.05) is 11.6 Å². The minimum Gasteiger partial charge on any atom is -0.487 e. The van der Waals surface area contributed by atoms with Crippen molar-refractivity contribution < 1.29 is 23.0 Å². The Morgan fingerprint density at radius 3 is 2.62 bits per heavy atom. The topological polar surface area (TPSA) is 97.6 Å². The van der Waals surface area contributed by atoms with Crippen molar-refractivity contribution in [3.05, 3.63) is 65.1 Å². The molecule has 0 spiro atoms. The van der Waals surface area contributed by atoms with Gasteiger partial charge in [0.05, 0.1) is 24.1 Å². The molecule has 0 fully saturated rings. The minimum atomic E-state index is -4.45. The number of rotatable bonds is 6. The standard InChI is InChI=1S/C17H19F3N4O2/c1-11-3-2-4-15(17(18,19)20)14(11)10-26-13-5-6-16(23-7-13)24(22)8-12(21)9-25/h2-8,25H,9-10,21-22H2,1H3/b12-8-. The summed E-state index contributed by atoms with van der Waals surface area (Å²) in [5.41, 5.74) is 5.45. The zero-order valence-electron chi connectivity index (χ0n) is 14.0. The lowest BCUT2D eigenvalue weighted by atomic mass is 10.0. The number of aliphatic hydroxyl groups is 1. The number of aliphatic hydroxyl groups excluding tert-OH is 1. The highest BCUT2D eigenvalue weighted by atomic mass is 19.4. The summed E-state index contributed by atoms with van der Waals surface area (Å²) in [5.74, 6) is 6.32. The lowest BCUT2D eigenvalue weighted by Gasteiger charge is -2.16. The molecule has 0 atom stereocenters. The van der Waals surface area contributed by atoms with Crippen LogP contribution in [0.1, 0.15) is 16.7 Å². The van der Waals surface area contributed by atoms with E-state index in [4.69, 9.17) is 21.4 Å². The predicted octanol–water partition coefficient (Wildman–Crippen LogP) is 2.46. The second-order valence-electron chi connectivity index (χ2n) is 5.51. The fourth-order valence-electron chi connectivity index (χ4n) is 2.21. The van der Waals surface area contributed by atoms with E-state index >= 15 is 0 Å². The molecular weight excluding hydrogens is 349 g/mol. The van der Waals surface area contributed by atoms with E-state index in [1.165, 1.54) is 30.6 Å². The molecule has 0 amide bonds. The molecule has 1 aromatic carbocycles. The number of pyridine rings is 1. The second kappa shape index (κ2) is 8.07. The van der Waals surface area contributed by atoms with E-state index in [9.17, 15) is 13.2 Å². The van der Waals surface area contributed by atoms with E-state index in [0.29, 0.717) is 11.4 Å². The normalized spacial score (nSPS) is 12.2. The van der Waals surface area contributed by atoms with Crippen LogP contribution in [0.4, 0.5) is 19.0 Å². The Morgan fingerprint density at radius 1 is 1.31 bits per heavy atom. The van der Waals surface area contributed by atoms with Gasteiger partial charge in [-0.3, -0.25) is 5.01 Å². The summed E-state index contributed by atoms with van der Waals surface area (Å²) in [6, 6.07) is 7.02. The van der Waals surface area contributed by atoms with Crippen LogP contribution in [-0.4, -0.2) is 16.7 Å². The van der Waals surface area contributed by atoms with E-state index in [1.807, 2.05) is 0 Å². The van der Waals surface area contributed by atoms with E-state index in [2.05, 4.69) is 4.98 Å². The highest BCUT2D eigenvalue weighted by Gasteiger charge is 2.33. The monoisotopic (exact) mass is 368 g/mol. The maximum Gasteiger partial charge on any atom is 0.416 e. The fourth-order valence-corrected chi connectivity index (χ4v) is 2.21. The van der Waals surface area contributed by atoms with Crippen LogP contribution >= 0.6 is 0 Å². The van der Waals surface area contributed by atoms with Gasteiger partial charge >= 0.3 is 6.18 Å². The first kappa shape index (κ1) is 19.5. The number of halogens is 3. The zero-order valence-corrected chi connectivity index (χ0v) is 14.0. The first-order valence-electron chi connectivity index (χ1n) is 7.58. The first-order chi connectivity index (χ1) is 12.2. The van der Waals surface area contributed by atoms with E-state index < -0.39 is 11.7 Å². The summed E-state index contributed by atoms with van der Waals surface area (Å²) in [4.78, 5) is 4.04. The number of ether oxygens (including phenoxy) is 1. The quantitative estimate of drug-likeness (QED) is 0.535. The third-order valence-electron chi connectivity index (χ3n) is 3.57. The Bertz CT molecular complexity index is 777. The van der Waals surface area contributed by atoms with Crippen LogP contribution in [0.5, 0.6) is 5.75 Å². The summed E-state index contributed by atoms with van der Waals surface area (Å²) >= 11 is 0. The van der Waals surface area contributed by atoms with Crippen LogP contribution < -0.4 is 21.3 Å². The average molecular weight is 368 g/mol. The molecular formula is C17H19F3N4O2. The molecule has 1 aromatic heterocycles. The van der Waals surface area contributed by atoms with Gasteiger partial charge in [-0.25, -0.2) is 10.8 Å². The Kier molecular flexibility index (Phi) is 6.06. The lowest BCUT2D eigenvalue weighted by molar-refractivity contribution is -0.138. The van der Waals surface area contributed by atoms with Crippen LogP contribution in [-0.2, 0) is 12.8 Å². The van der Waals surface area contributed by atoms with Crippen LogP contribution in [0.25, 0.3) is 0 Å². The first-order valence-corrected chi connectivity index (χ1v) is 7.58. The fraction of sp³-hybridized carbons (Fsp3) is 0.235. The molecule has 0 radical (unpaired) electrons. The van der Waals surface area contributed by atoms with E-state index in [0.717, 1.165) is 11.1 Å². The molecule has 140 valence electrons. The summed E-state index contributed by atoms with van der Waals surface area (Å²) in [6.45, 7) is 0.999. The number of aryl methyl sites for hydroxylation is 1. The van der Waals surface area contributed by atoms with Crippen molar-refractivity contribution in [3.63, 3.8) is 0 Å². The van der Waals surface area contributed by atoms with E-state index in [-0.39, 0.29) is 30.2 Å². The predicted molar refractivity (Wildman–Crippen MR) is 90.8 cm³/mol. The SMILES string of the molecule is Cc1cccc(C(F)(F)F)c1COc1ccc(N(N)/C=C(\N)CO)nc1. The lowest BCUT2D eigenvalue weighted by Crippen LogP contribution is -2.27. The van der Waals surface area contributed by atoms with Crippen LogP contribution in [0.3, 0.4) is 0 Å². The molecule has 0 aliphatic heterocycles. The molecule has 2 aromatic rings. The molecule has 6 nitrogen and oxygen atoms in total. The van der Waals surface area contributed by atoms with Gasteiger partial charge in [0.2, 0.25) is 0 Å². The number of alkyl halides is 3. The molecule has 0 saturated carbocycles. The minimum absolute atomic E-state index is 0.0724. The molecule has 0 unspecified atom stereocenters. The van der Waals surface area contributed by atoms with Crippen molar-refractivity contribution >= 4 is 5.82 Å². The molecule has 2 rings (SSSR count). The number of nitrogens with zero attached hydrogens (tertiary/aromatic N) is 2. The third kappa shape index (κ3) is 4.87. The van der Waals surface area contributed by atoms with Gasteiger partial charge in [0.1, 0.15) is 18.2 Å². The molecule has 9 heteroatoms. The Labute approximate surface area is 148 Å². The molecule has 1 heterocycles. The van der Waals surface area contributed by atoms with Gasteiger partial charge in [0, 0.05) is 11.8 Å². The molecule has 26 heavy (non-hydrogen) atoms. The van der Waals surface area contributed by atoms with Gasteiger partial charge < -0.3 is 15.6 Å². The van der Waals surface area contributed by atoms with Crippen molar-refractivity contribution in [3.8, 4) is 5.75 Å². The number of hydrazine groups is 1. The van der Waals surface area contributed by atoms with Gasteiger partial charge in [-0.1, -0.05) is 12.1 Å². The average Bonchev–Trinajstić information content (AvgIpc) is 2.60. The van der Waals surface area contributed by atoms with Gasteiger partial charge in [-0.2, -0.15) is 13.2 Å². The van der Waals surface area contributed by atoms with Crippen LogP contribution in [0.2, 0.25) is 0 Å². The number of aromatic nitrogens is 1. The van der Waals surface area contributed by atoms with Gasteiger partial charge in [0.25, 0.3) is 0 Å². The van der Waals surface area contributed by atoms with Gasteiger partial charge in [-0.15, -0.1) is 0 Å². The maximum absolute atomic E-state index is 13.1. The summed E-state index contributed by atoms with van der Waals surface area (Å²) < 4.78 is 44.8. The summed E-state index contributed by atoms with van der Waals surface area (Å²) in [7, 11) is 0. The highest BCUT2D eigenvalue weighted by molar-refractivity contribution is 5.43. The Balaban J connectivity index is 2.12.